The summed E-state index contributed by atoms with van der Waals surface area (Å²) in [4.78, 5) is 26.9. The van der Waals surface area contributed by atoms with Crippen molar-refractivity contribution >= 4 is 28.1 Å². The lowest BCUT2D eigenvalue weighted by Crippen LogP contribution is -2.19. The van der Waals surface area contributed by atoms with Crippen molar-refractivity contribution < 1.29 is 14.5 Å². The molecule has 0 aliphatic rings. The van der Waals surface area contributed by atoms with Crippen molar-refractivity contribution in [3.05, 3.63) is 69.6 Å². The van der Waals surface area contributed by atoms with Crippen molar-refractivity contribution in [1.82, 2.24) is 4.98 Å². The molecule has 0 saturated carbocycles. The number of thiazole rings is 1. The fraction of sp³-hybridized carbons (Fsp3) is 0.111. The van der Waals surface area contributed by atoms with Gasteiger partial charge in [-0.05, 0) is 19.1 Å². The maximum absolute atomic E-state index is 12.0. The molecule has 3 rings (SSSR count). The average Bonchev–Trinajstić information content (AvgIpc) is 3.09. The fourth-order valence-corrected chi connectivity index (χ4v) is 2.99. The molecule has 1 heterocycles. The van der Waals surface area contributed by atoms with E-state index >= 15 is 0 Å². The van der Waals surface area contributed by atoms with Gasteiger partial charge in [0, 0.05) is 22.6 Å². The second kappa shape index (κ2) is 7.75. The van der Waals surface area contributed by atoms with E-state index < -0.39 is 4.92 Å². The van der Waals surface area contributed by atoms with E-state index in [1.165, 1.54) is 17.4 Å². The maximum Gasteiger partial charge on any atom is 0.272 e. The Hall–Kier alpha value is -3.26. The van der Waals surface area contributed by atoms with E-state index in [1.807, 2.05) is 18.2 Å². The topological polar surface area (TPSA) is 94.4 Å². The number of ether oxygens (including phenoxy) is 1. The van der Waals surface area contributed by atoms with E-state index in [2.05, 4.69) is 10.3 Å². The van der Waals surface area contributed by atoms with E-state index in [0.29, 0.717) is 27.7 Å². The highest BCUT2D eigenvalue weighted by Gasteiger charge is 2.14. The molecule has 3 aromatic rings. The minimum absolute atomic E-state index is 0.0392. The Morgan fingerprint density at radius 1 is 1.27 bits per heavy atom. The number of amides is 1. The van der Waals surface area contributed by atoms with Crippen molar-refractivity contribution in [1.29, 1.82) is 0 Å². The van der Waals surface area contributed by atoms with Crippen LogP contribution in [0.4, 0.5) is 10.8 Å². The van der Waals surface area contributed by atoms with Crippen molar-refractivity contribution in [2.75, 3.05) is 11.9 Å². The van der Waals surface area contributed by atoms with Gasteiger partial charge >= 0.3 is 0 Å². The lowest BCUT2D eigenvalue weighted by molar-refractivity contribution is -0.385. The van der Waals surface area contributed by atoms with Crippen LogP contribution in [-0.2, 0) is 4.79 Å². The van der Waals surface area contributed by atoms with Crippen LogP contribution in [0.5, 0.6) is 5.75 Å². The molecule has 0 atom stereocenters. The molecular weight excluding hydrogens is 354 g/mol. The van der Waals surface area contributed by atoms with Gasteiger partial charge in [-0.2, -0.15) is 0 Å². The van der Waals surface area contributed by atoms with Gasteiger partial charge in [-0.1, -0.05) is 30.3 Å². The summed E-state index contributed by atoms with van der Waals surface area (Å²) in [5.74, 6) is 0.277. The molecule has 0 bridgehead atoms. The molecular formula is C18H15N3O4S. The number of carbonyl (C=O) groups excluding carboxylic acids is 1. The number of rotatable bonds is 6. The first kappa shape index (κ1) is 17.6. The van der Waals surface area contributed by atoms with Gasteiger partial charge in [-0.15, -0.1) is 11.3 Å². The third-order valence-electron chi connectivity index (χ3n) is 3.57. The van der Waals surface area contributed by atoms with Crippen LogP contribution in [0.1, 0.15) is 5.56 Å². The molecule has 0 fully saturated rings. The number of aryl methyl sites for hydroxylation is 1. The Morgan fingerprint density at radius 2 is 2.04 bits per heavy atom. The zero-order valence-electron chi connectivity index (χ0n) is 13.8. The molecule has 0 saturated heterocycles. The van der Waals surface area contributed by atoms with Crippen molar-refractivity contribution in [3.8, 4) is 17.0 Å². The number of aromatic nitrogens is 1. The number of anilines is 1. The summed E-state index contributed by atoms with van der Waals surface area (Å²) in [7, 11) is 0. The van der Waals surface area contributed by atoms with Gasteiger partial charge in [-0.3, -0.25) is 20.2 Å². The maximum atomic E-state index is 12.0. The molecule has 0 spiro atoms. The Kier molecular flexibility index (Phi) is 5.23. The molecule has 7 nitrogen and oxygen atoms in total. The first-order chi connectivity index (χ1) is 12.5. The fourth-order valence-electron chi connectivity index (χ4n) is 2.25. The molecule has 1 aromatic heterocycles. The normalized spacial score (nSPS) is 10.3. The first-order valence-electron chi connectivity index (χ1n) is 7.71. The third-order valence-corrected chi connectivity index (χ3v) is 4.32. The zero-order valence-corrected chi connectivity index (χ0v) is 14.7. The van der Waals surface area contributed by atoms with Crippen molar-refractivity contribution in [3.63, 3.8) is 0 Å². The monoisotopic (exact) mass is 369 g/mol. The predicted octanol–water partition coefficient (Wildman–Crippen LogP) is 4.04. The van der Waals surface area contributed by atoms with E-state index in [9.17, 15) is 14.9 Å². The number of nitrogens with one attached hydrogen (secondary N) is 1. The summed E-state index contributed by atoms with van der Waals surface area (Å²) >= 11 is 1.24. The minimum atomic E-state index is -0.422. The highest BCUT2D eigenvalue weighted by molar-refractivity contribution is 7.14. The average molecular weight is 369 g/mol. The van der Waals surface area contributed by atoms with E-state index in [4.69, 9.17) is 4.74 Å². The summed E-state index contributed by atoms with van der Waals surface area (Å²) in [6, 6.07) is 14.0. The number of hydrogen-bond donors (Lipinski definition) is 1. The lowest BCUT2D eigenvalue weighted by Gasteiger charge is -2.05. The standard InChI is InChI=1S/C18H15N3O4S/c1-12-7-8-13(9-16(12)21(23)24)15-11-26-18(19-15)20-17(22)10-25-14-5-3-2-4-6-14/h2-9,11H,10H2,1H3,(H,19,20,22). The van der Waals surface area contributed by atoms with Gasteiger partial charge in [0.05, 0.1) is 10.6 Å². The molecule has 8 heteroatoms. The minimum Gasteiger partial charge on any atom is -0.484 e. The van der Waals surface area contributed by atoms with Gasteiger partial charge in [0.25, 0.3) is 11.6 Å². The molecule has 0 aliphatic heterocycles. The van der Waals surface area contributed by atoms with E-state index in [0.717, 1.165) is 0 Å². The molecule has 0 radical (unpaired) electrons. The smallest absolute Gasteiger partial charge is 0.272 e. The van der Waals surface area contributed by atoms with E-state index in [-0.39, 0.29) is 18.2 Å². The number of nitro groups is 1. The zero-order chi connectivity index (χ0) is 18.5. The first-order valence-corrected chi connectivity index (χ1v) is 8.59. The van der Waals surface area contributed by atoms with Gasteiger partial charge < -0.3 is 4.74 Å². The Balaban J connectivity index is 1.65. The number of hydrogen-bond acceptors (Lipinski definition) is 6. The van der Waals surface area contributed by atoms with Gasteiger partial charge in [0.15, 0.2) is 11.7 Å². The number of para-hydroxylation sites is 1. The predicted molar refractivity (Wildman–Crippen MR) is 99.5 cm³/mol. The SMILES string of the molecule is Cc1ccc(-c2csc(NC(=O)COc3ccccc3)n2)cc1[N+](=O)[O-]. The van der Waals surface area contributed by atoms with E-state index in [1.54, 1.807) is 36.6 Å². The third kappa shape index (κ3) is 4.22. The van der Waals surface area contributed by atoms with Gasteiger partial charge in [-0.25, -0.2) is 4.98 Å². The van der Waals surface area contributed by atoms with Crippen LogP contribution in [0.25, 0.3) is 11.3 Å². The summed E-state index contributed by atoms with van der Waals surface area (Å²) < 4.78 is 5.38. The molecule has 2 aromatic carbocycles. The Morgan fingerprint density at radius 3 is 2.77 bits per heavy atom. The molecule has 1 amide bonds. The summed E-state index contributed by atoms with van der Waals surface area (Å²) in [6.45, 7) is 1.55. The van der Waals surface area contributed by atoms with Crippen molar-refractivity contribution in [2.24, 2.45) is 0 Å². The van der Waals surface area contributed by atoms with Crippen LogP contribution in [0.3, 0.4) is 0 Å². The Labute approximate surface area is 153 Å². The second-order valence-corrected chi connectivity index (χ2v) is 6.30. The molecule has 0 unspecified atom stereocenters. The molecule has 132 valence electrons. The summed E-state index contributed by atoms with van der Waals surface area (Å²) in [6.07, 6.45) is 0. The molecule has 1 N–H and O–H groups in total. The molecule has 26 heavy (non-hydrogen) atoms. The highest BCUT2D eigenvalue weighted by Crippen LogP contribution is 2.29. The largest absolute Gasteiger partial charge is 0.484 e. The van der Waals surface area contributed by atoms with Gasteiger partial charge in [0.2, 0.25) is 0 Å². The van der Waals surface area contributed by atoms with Crippen molar-refractivity contribution in [2.45, 2.75) is 6.92 Å². The van der Waals surface area contributed by atoms with Crippen LogP contribution >= 0.6 is 11.3 Å². The quantitative estimate of drug-likeness (QED) is 0.523. The molecule has 0 aliphatic carbocycles. The summed E-state index contributed by atoms with van der Waals surface area (Å²) in [5, 5.41) is 15.9. The Bertz CT molecular complexity index is 941. The number of nitrogens with zero attached hydrogens (tertiary/aromatic N) is 2. The second-order valence-electron chi connectivity index (χ2n) is 5.45. The lowest BCUT2D eigenvalue weighted by atomic mass is 10.1. The number of carbonyl (C=O) groups is 1. The van der Waals surface area contributed by atoms with Gasteiger partial charge in [0.1, 0.15) is 5.75 Å². The number of benzene rings is 2. The summed E-state index contributed by atoms with van der Waals surface area (Å²) in [5.41, 5.74) is 1.81. The van der Waals surface area contributed by atoms with Crippen LogP contribution in [0.2, 0.25) is 0 Å². The number of nitro benzene ring substituents is 1. The van der Waals surface area contributed by atoms with Crippen LogP contribution in [-0.4, -0.2) is 22.4 Å². The van der Waals surface area contributed by atoms with Crippen LogP contribution in [0.15, 0.2) is 53.9 Å². The van der Waals surface area contributed by atoms with Crippen LogP contribution < -0.4 is 10.1 Å². The highest BCUT2D eigenvalue weighted by atomic mass is 32.1. The van der Waals surface area contributed by atoms with Crippen LogP contribution in [0, 0.1) is 17.0 Å².